The summed E-state index contributed by atoms with van der Waals surface area (Å²) in [6.45, 7) is 2.32. The van der Waals surface area contributed by atoms with Gasteiger partial charge in [0.1, 0.15) is 5.75 Å². The van der Waals surface area contributed by atoms with Crippen LogP contribution in [0.25, 0.3) is 0 Å². The van der Waals surface area contributed by atoms with E-state index in [1.54, 1.807) is 31.4 Å². The molecule has 0 saturated carbocycles. The smallest absolute Gasteiger partial charge is 0.224 e. The van der Waals surface area contributed by atoms with Gasteiger partial charge in [-0.15, -0.1) is 0 Å². The van der Waals surface area contributed by atoms with E-state index in [0.717, 1.165) is 6.42 Å². The van der Waals surface area contributed by atoms with Gasteiger partial charge >= 0.3 is 0 Å². The van der Waals surface area contributed by atoms with Crippen molar-refractivity contribution in [2.45, 2.75) is 12.8 Å². The van der Waals surface area contributed by atoms with Crippen LogP contribution in [0.3, 0.4) is 0 Å². The van der Waals surface area contributed by atoms with Gasteiger partial charge in [0.05, 0.1) is 19.6 Å². The number of hydrogen-bond donors (Lipinski definition) is 2. The van der Waals surface area contributed by atoms with Crippen molar-refractivity contribution in [3.63, 3.8) is 0 Å². The molecule has 1 aromatic rings. The number of aromatic hydroxyl groups is 1. The molecule has 0 bridgehead atoms. The minimum Gasteiger partial charge on any atom is -0.508 e. The molecular formula is C14H21NO4. The molecule has 0 aliphatic heterocycles. The fraction of sp³-hybridized carbons (Fsp3) is 0.500. The first-order chi connectivity index (χ1) is 9.24. The Morgan fingerprint density at radius 3 is 2.79 bits per heavy atom. The van der Waals surface area contributed by atoms with E-state index < -0.39 is 0 Å². The van der Waals surface area contributed by atoms with Crippen molar-refractivity contribution in [2.24, 2.45) is 0 Å². The second kappa shape index (κ2) is 9.35. The highest BCUT2D eigenvalue weighted by Crippen LogP contribution is 2.15. The summed E-state index contributed by atoms with van der Waals surface area (Å²) in [5.74, 6) is 0.0546. The maximum absolute atomic E-state index is 11.6. The molecule has 0 unspecified atom stereocenters. The topological polar surface area (TPSA) is 67.8 Å². The van der Waals surface area contributed by atoms with Crippen molar-refractivity contribution < 1.29 is 19.4 Å². The lowest BCUT2D eigenvalue weighted by Gasteiger charge is -2.07. The van der Waals surface area contributed by atoms with Gasteiger partial charge in [0.2, 0.25) is 5.91 Å². The van der Waals surface area contributed by atoms with Crippen molar-refractivity contribution in [3.8, 4) is 5.75 Å². The Hall–Kier alpha value is -1.59. The molecule has 0 saturated heterocycles. The van der Waals surface area contributed by atoms with Crippen LogP contribution in [0.4, 0.5) is 0 Å². The summed E-state index contributed by atoms with van der Waals surface area (Å²) in [5, 5.41) is 12.3. The highest BCUT2D eigenvalue weighted by molar-refractivity contribution is 5.79. The normalized spacial score (nSPS) is 10.4. The number of phenols is 1. The first-order valence-electron chi connectivity index (χ1n) is 6.34. The molecule has 0 atom stereocenters. The van der Waals surface area contributed by atoms with Gasteiger partial charge in [0.25, 0.3) is 0 Å². The fourth-order valence-electron chi connectivity index (χ4n) is 1.54. The van der Waals surface area contributed by atoms with E-state index in [9.17, 15) is 9.90 Å². The zero-order valence-corrected chi connectivity index (χ0v) is 11.2. The number of ether oxygens (including phenoxy) is 2. The molecule has 19 heavy (non-hydrogen) atoms. The standard InChI is InChI=1S/C14H21NO4/c1-18-9-10-19-8-4-7-15-14(17)11-12-5-2-3-6-13(12)16/h2-3,5-6,16H,4,7-11H2,1H3,(H,15,17). The second-order valence-corrected chi connectivity index (χ2v) is 4.11. The van der Waals surface area contributed by atoms with E-state index in [0.29, 0.717) is 31.9 Å². The average Bonchev–Trinajstić information content (AvgIpc) is 2.40. The minimum absolute atomic E-state index is 0.0987. The Morgan fingerprint density at radius 1 is 1.26 bits per heavy atom. The summed E-state index contributed by atoms with van der Waals surface area (Å²) in [5.41, 5.74) is 0.636. The Bertz CT molecular complexity index is 381. The Balaban J connectivity index is 2.10. The van der Waals surface area contributed by atoms with Gasteiger partial charge in [-0.1, -0.05) is 18.2 Å². The van der Waals surface area contributed by atoms with E-state index in [4.69, 9.17) is 9.47 Å². The number of hydrogen-bond acceptors (Lipinski definition) is 4. The van der Waals surface area contributed by atoms with E-state index >= 15 is 0 Å². The van der Waals surface area contributed by atoms with E-state index in [1.807, 2.05) is 0 Å². The molecule has 0 aromatic heterocycles. The predicted octanol–water partition coefficient (Wildman–Crippen LogP) is 1.10. The van der Waals surface area contributed by atoms with Gasteiger partial charge < -0.3 is 19.9 Å². The van der Waals surface area contributed by atoms with Crippen LogP contribution in [0.1, 0.15) is 12.0 Å². The molecule has 0 fully saturated rings. The number of nitrogens with one attached hydrogen (secondary N) is 1. The quantitative estimate of drug-likeness (QED) is 0.658. The van der Waals surface area contributed by atoms with Crippen molar-refractivity contribution in [2.75, 3.05) is 33.5 Å². The molecule has 1 rings (SSSR count). The molecular weight excluding hydrogens is 246 g/mol. The molecule has 0 radical (unpaired) electrons. The monoisotopic (exact) mass is 267 g/mol. The van der Waals surface area contributed by atoms with Gasteiger partial charge in [-0.25, -0.2) is 0 Å². The Labute approximate surface area is 113 Å². The maximum atomic E-state index is 11.6. The van der Waals surface area contributed by atoms with Crippen LogP contribution in [0.5, 0.6) is 5.75 Å². The van der Waals surface area contributed by atoms with Crippen LogP contribution in [0.2, 0.25) is 0 Å². The molecule has 1 aromatic carbocycles. The van der Waals surface area contributed by atoms with Gasteiger partial charge in [0.15, 0.2) is 0 Å². The van der Waals surface area contributed by atoms with Crippen LogP contribution in [0, 0.1) is 0 Å². The van der Waals surface area contributed by atoms with Gasteiger partial charge in [-0.3, -0.25) is 4.79 Å². The number of benzene rings is 1. The third-order valence-electron chi connectivity index (χ3n) is 2.56. The lowest BCUT2D eigenvalue weighted by molar-refractivity contribution is -0.120. The van der Waals surface area contributed by atoms with Gasteiger partial charge in [-0.2, -0.15) is 0 Å². The van der Waals surface area contributed by atoms with Crippen molar-refractivity contribution in [3.05, 3.63) is 29.8 Å². The molecule has 0 heterocycles. The number of rotatable bonds is 9. The van der Waals surface area contributed by atoms with E-state index in [1.165, 1.54) is 0 Å². The Morgan fingerprint density at radius 2 is 2.05 bits per heavy atom. The third kappa shape index (κ3) is 6.79. The first-order valence-corrected chi connectivity index (χ1v) is 6.34. The summed E-state index contributed by atoms with van der Waals surface area (Å²) in [4.78, 5) is 11.6. The highest BCUT2D eigenvalue weighted by atomic mass is 16.5. The maximum Gasteiger partial charge on any atom is 0.224 e. The lowest BCUT2D eigenvalue weighted by atomic mass is 10.1. The zero-order valence-electron chi connectivity index (χ0n) is 11.2. The molecule has 5 heteroatoms. The summed E-state index contributed by atoms with van der Waals surface area (Å²) in [7, 11) is 1.63. The third-order valence-corrected chi connectivity index (χ3v) is 2.56. The van der Waals surface area contributed by atoms with Crippen LogP contribution in [-0.2, 0) is 20.7 Å². The zero-order chi connectivity index (χ0) is 13.9. The van der Waals surface area contributed by atoms with Gasteiger partial charge in [0, 0.05) is 25.8 Å². The number of amides is 1. The number of phenolic OH excluding ortho intramolecular Hbond substituents is 1. The molecule has 106 valence electrons. The molecule has 0 spiro atoms. The largest absolute Gasteiger partial charge is 0.508 e. The molecule has 0 aliphatic rings. The highest BCUT2D eigenvalue weighted by Gasteiger charge is 2.06. The van der Waals surface area contributed by atoms with Crippen LogP contribution >= 0.6 is 0 Å². The predicted molar refractivity (Wildman–Crippen MR) is 72.1 cm³/mol. The number of methoxy groups -OCH3 is 1. The van der Waals surface area contributed by atoms with E-state index in [-0.39, 0.29) is 18.1 Å². The fourth-order valence-corrected chi connectivity index (χ4v) is 1.54. The molecule has 5 nitrogen and oxygen atoms in total. The summed E-state index contributed by atoms with van der Waals surface area (Å²) in [6, 6.07) is 6.84. The number of carbonyl (C=O) groups is 1. The SMILES string of the molecule is COCCOCCCNC(=O)Cc1ccccc1O. The minimum atomic E-state index is -0.0987. The lowest BCUT2D eigenvalue weighted by Crippen LogP contribution is -2.27. The number of carbonyl (C=O) groups excluding carboxylic acids is 1. The molecule has 1 amide bonds. The van der Waals surface area contributed by atoms with Crippen molar-refractivity contribution in [1.82, 2.24) is 5.32 Å². The van der Waals surface area contributed by atoms with Crippen LogP contribution < -0.4 is 5.32 Å². The van der Waals surface area contributed by atoms with E-state index in [2.05, 4.69) is 5.32 Å². The average molecular weight is 267 g/mol. The van der Waals surface area contributed by atoms with Gasteiger partial charge in [-0.05, 0) is 12.5 Å². The second-order valence-electron chi connectivity index (χ2n) is 4.11. The molecule has 0 aliphatic carbocycles. The van der Waals surface area contributed by atoms with Crippen LogP contribution in [0.15, 0.2) is 24.3 Å². The summed E-state index contributed by atoms with van der Waals surface area (Å²) < 4.78 is 10.1. The first kappa shape index (κ1) is 15.5. The van der Waals surface area contributed by atoms with Crippen LogP contribution in [-0.4, -0.2) is 44.5 Å². The van der Waals surface area contributed by atoms with Crippen molar-refractivity contribution in [1.29, 1.82) is 0 Å². The number of para-hydroxylation sites is 1. The summed E-state index contributed by atoms with van der Waals surface area (Å²) in [6.07, 6.45) is 0.952. The molecule has 2 N–H and O–H groups in total. The van der Waals surface area contributed by atoms with Crippen molar-refractivity contribution >= 4 is 5.91 Å². The summed E-state index contributed by atoms with van der Waals surface area (Å²) >= 11 is 0. The Kier molecular flexibility index (Phi) is 7.62.